The van der Waals surface area contributed by atoms with Crippen molar-refractivity contribution in [2.24, 2.45) is 11.4 Å². The largest absolute Gasteiger partial charge is 0.416 e. The molecule has 3 heterocycles. The van der Waals surface area contributed by atoms with E-state index in [9.17, 15) is 18.0 Å². The number of benzene rings is 1. The SMILES string of the molecule is CC.Cn1cc2c3cc(C(=O)N=S(C)C)sc3n(-c3ccc(C(F)(F)F)cc3)c2n1. The lowest BCUT2D eigenvalue weighted by Crippen LogP contribution is -2.05. The first kappa shape index (κ1) is 22.2. The topological polar surface area (TPSA) is 52.2 Å². The van der Waals surface area contributed by atoms with Gasteiger partial charge in [0.2, 0.25) is 0 Å². The maximum absolute atomic E-state index is 12.9. The summed E-state index contributed by atoms with van der Waals surface area (Å²) in [5.74, 6) is -0.287. The number of nitrogens with zero attached hydrogens (tertiary/aromatic N) is 4. The van der Waals surface area contributed by atoms with E-state index in [1.165, 1.54) is 23.5 Å². The molecule has 0 atom stereocenters. The van der Waals surface area contributed by atoms with Crippen LogP contribution < -0.4 is 0 Å². The van der Waals surface area contributed by atoms with Crippen LogP contribution >= 0.6 is 11.3 Å². The average molecular weight is 455 g/mol. The molecule has 4 aromatic rings. The Morgan fingerprint density at radius 1 is 1.13 bits per heavy atom. The van der Waals surface area contributed by atoms with Crippen LogP contribution in [0.3, 0.4) is 0 Å². The number of carbonyl (C=O) groups is 1. The molecule has 5 nitrogen and oxygen atoms in total. The number of fused-ring (bicyclic) bond motifs is 3. The van der Waals surface area contributed by atoms with Gasteiger partial charge in [-0.3, -0.25) is 14.0 Å². The molecule has 0 radical (unpaired) electrons. The second kappa shape index (κ2) is 8.35. The first-order valence-corrected chi connectivity index (χ1v) is 12.0. The normalized spacial score (nSPS) is 11.8. The van der Waals surface area contributed by atoms with Crippen LogP contribution in [0.4, 0.5) is 13.2 Å². The Morgan fingerprint density at radius 2 is 1.77 bits per heavy atom. The highest BCUT2D eigenvalue weighted by Gasteiger charge is 2.30. The third kappa shape index (κ3) is 4.06. The van der Waals surface area contributed by atoms with Gasteiger partial charge in [-0.1, -0.05) is 24.5 Å². The lowest BCUT2D eigenvalue weighted by atomic mass is 10.2. The molecular formula is C20H21F3N4OS2. The van der Waals surface area contributed by atoms with E-state index in [-0.39, 0.29) is 16.6 Å². The van der Waals surface area contributed by atoms with Crippen molar-refractivity contribution < 1.29 is 18.0 Å². The molecule has 1 aromatic carbocycles. The predicted octanol–water partition coefficient (Wildman–Crippen LogP) is 5.83. The number of hydrogen-bond acceptors (Lipinski definition) is 3. The molecular weight excluding hydrogens is 433 g/mol. The Kier molecular flexibility index (Phi) is 6.19. The summed E-state index contributed by atoms with van der Waals surface area (Å²) in [5.41, 5.74) is 0.469. The fraction of sp³-hybridized carbons (Fsp3) is 0.300. The van der Waals surface area contributed by atoms with E-state index in [2.05, 4.69) is 9.46 Å². The number of aryl methyl sites for hydroxylation is 1. The van der Waals surface area contributed by atoms with Crippen molar-refractivity contribution in [1.82, 2.24) is 14.3 Å². The van der Waals surface area contributed by atoms with Crippen molar-refractivity contribution in [3.8, 4) is 5.69 Å². The fourth-order valence-corrected chi connectivity index (χ4v) is 4.59. The summed E-state index contributed by atoms with van der Waals surface area (Å²) in [6.07, 6.45) is 1.15. The van der Waals surface area contributed by atoms with Gasteiger partial charge in [-0.25, -0.2) is 0 Å². The quantitative estimate of drug-likeness (QED) is 0.383. The predicted molar refractivity (Wildman–Crippen MR) is 118 cm³/mol. The Hall–Kier alpha value is -2.46. The fourth-order valence-electron chi connectivity index (χ4n) is 3.02. The Balaban J connectivity index is 0.00000124. The minimum atomic E-state index is -4.40. The molecule has 0 bridgehead atoms. The third-order valence-corrected chi connectivity index (χ3v) is 5.80. The smallest absolute Gasteiger partial charge is 0.283 e. The van der Waals surface area contributed by atoms with Crippen LogP contribution in [0, 0.1) is 0 Å². The Bertz CT molecular complexity index is 1240. The first-order valence-electron chi connectivity index (χ1n) is 9.14. The van der Waals surface area contributed by atoms with Crippen LogP contribution in [-0.4, -0.2) is 32.8 Å². The van der Waals surface area contributed by atoms with Crippen molar-refractivity contribution in [3.63, 3.8) is 0 Å². The van der Waals surface area contributed by atoms with Gasteiger partial charge in [-0.2, -0.15) is 22.6 Å². The Labute approximate surface area is 178 Å². The summed E-state index contributed by atoms with van der Waals surface area (Å²) in [4.78, 5) is 13.6. The van der Waals surface area contributed by atoms with Gasteiger partial charge in [0.1, 0.15) is 4.83 Å². The standard InChI is InChI=1S/C18H15F3N4OS2.C2H6/c1-24-9-13-12-8-14(16(26)23-28(2)3)27-17(12)25(15(13)22-24)11-6-4-10(5-7-11)18(19,20)21;1-2/h4-9H,1-3H3;1-2H3. The van der Waals surface area contributed by atoms with E-state index in [1.807, 2.05) is 32.6 Å². The van der Waals surface area contributed by atoms with Crippen molar-refractivity contribution in [3.05, 3.63) is 47.0 Å². The highest BCUT2D eigenvalue weighted by atomic mass is 32.2. The monoisotopic (exact) mass is 454 g/mol. The van der Waals surface area contributed by atoms with Gasteiger partial charge < -0.3 is 0 Å². The highest BCUT2D eigenvalue weighted by Crippen LogP contribution is 2.38. The molecule has 0 aliphatic carbocycles. The van der Waals surface area contributed by atoms with Gasteiger partial charge in [-0.15, -0.1) is 11.3 Å². The van der Waals surface area contributed by atoms with Gasteiger partial charge >= 0.3 is 6.18 Å². The number of amides is 1. The second-order valence-corrected chi connectivity index (χ2v) is 9.18. The van der Waals surface area contributed by atoms with Crippen molar-refractivity contribution in [2.45, 2.75) is 20.0 Å². The van der Waals surface area contributed by atoms with E-state index >= 15 is 0 Å². The zero-order chi connectivity index (χ0) is 22.2. The minimum absolute atomic E-state index is 0.287. The van der Waals surface area contributed by atoms with Crippen LogP contribution in [0.1, 0.15) is 29.1 Å². The number of thiophene rings is 1. The molecule has 160 valence electrons. The maximum Gasteiger partial charge on any atom is 0.416 e. The van der Waals surface area contributed by atoms with Gasteiger partial charge in [0.05, 0.1) is 10.4 Å². The zero-order valence-corrected chi connectivity index (χ0v) is 18.7. The van der Waals surface area contributed by atoms with Crippen molar-refractivity contribution in [1.29, 1.82) is 0 Å². The highest BCUT2D eigenvalue weighted by molar-refractivity contribution is 7.86. The summed E-state index contributed by atoms with van der Waals surface area (Å²) in [6.45, 7) is 4.00. The molecule has 0 unspecified atom stereocenters. The molecule has 0 spiro atoms. The van der Waals surface area contributed by atoms with Crippen LogP contribution in [0.5, 0.6) is 0 Å². The molecule has 0 saturated heterocycles. The summed E-state index contributed by atoms with van der Waals surface area (Å²) < 4.78 is 46.2. The lowest BCUT2D eigenvalue weighted by Gasteiger charge is -2.09. The van der Waals surface area contributed by atoms with Gasteiger partial charge in [0, 0.05) is 29.7 Å². The van der Waals surface area contributed by atoms with Crippen molar-refractivity contribution in [2.75, 3.05) is 12.5 Å². The molecule has 0 saturated carbocycles. The van der Waals surface area contributed by atoms with E-state index in [1.54, 1.807) is 22.4 Å². The van der Waals surface area contributed by atoms with Crippen LogP contribution in [0.2, 0.25) is 0 Å². The summed E-state index contributed by atoms with van der Waals surface area (Å²) >= 11 is 1.27. The molecule has 0 fully saturated rings. The molecule has 0 aliphatic heterocycles. The number of carbonyl (C=O) groups excluding carboxylic acids is 1. The van der Waals surface area contributed by atoms with Crippen LogP contribution in [-0.2, 0) is 23.9 Å². The van der Waals surface area contributed by atoms with E-state index in [4.69, 9.17) is 0 Å². The van der Waals surface area contributed by atoms with Gasteiger partial charge in [0.15, 0.2) is 5.65 Å². The van der Waals surface area contributed by atoms with Crippen LogP contribution in [0.15, 0.2) is 40.9 Å². The lowest BCUT2D eigenvalue weighted by molar-refractivity contribution is -0.137. The number of rotatable bonds is 2. The second-order valence-electron chi connectivity index (χ2n) is 6.42. The maximum atomic E-state index is 12.9. The summed E-state index contributed by atoms with van der Waals surface area (Å²) in [6, 6.07) is 6.70. The summed E-state index contributed by atoms with van der Waals surface area (Å²) in [7, 11) is 1.40. The molecule has 3 aromatic heterocycles. The van der Waals surface area contributed by atoms with E-state index < -0.39 is 11.7 Å². The van der Waals surface area contributed by atoms with E-state index in [0.29, 0.717) is 16.2 Å². The number of alkyl halides is 3. The number of halogens is 3. The molecule has 30 heavy (non-hydrogen) atoms. The molecule has 0 aliphatic rings. The number of hydrogen-bond donors (Lipinski definition) is 0. The molecule has 0 N–H and O–H groups in total. The first-order chi connectivity index (χ1) is 14.1. The summed E-state index contributed by atoms with van der Waals surface area (Å²) in [5, 5.41) is 6.12. The third-order valence-electron chi connectivity index (χ3n) is 4.16. The minimum Gasteiger partial charge on any atom is -0.283 e. The van der Waals surface area contributed by atoms with Crippen molar-refractivity contribution >= 4 is 49.2 Å². The molecule has 10 heteroatoms. The molecule has 1 amide bonds. The number of aromatic nitrogens is 3. The van der Waals surface area contributed by atoms with Gasteiger partial charge in [0.25, 0.3) is 5.91 Å². The zero-order valence-electron chi connectivity index (χ0n) is 17.1. The van der Waals surface area contributed by atoms with Gasteiger partial charge in [-0.05, 0) is 42.8 Å². The Morgan fingerprint density at radius 3 is 2.33 bits per heavy atom. The van der Waals surface area contributed by atoms with E-state index in [0.717, 1.165) is 27.7 Å². The molecule has 4 rings (SSSR count). The van der Waals surface area contributed by atoms with Crippen LogP contribution in [0.25, 0.3) is 26.9 Å². The average Bonchev–Trinajstić information content (AvgIpc) is 3.32.